The molecule has 2 aromatic rings. The van der Waals surface area contributed by atoms with Gasteiger partial charge in [0.2, 0.25) is 0 Å². The molecule has 0 fully saturated rings. The van der Waals surface area contributed by atoms with E-state index in [-0.39, 0.29) is 29.5 Å². The first-order chi connectivity index (χ1) is 15.2. The van der Waals surface area contributed by atoms with Crippen molar-refractivity contribution >= 4 is 46.7 Å². The Labute approximate surface area is 196 Å². The molecule has 1 atom stereocenters. The molecule has 0 aliphatic carbocycles. The molecule has 0 aromatic heterocycles. The van der Waals surface area contributed by atoms with Gasteiger partial charge in [0, 0.05) is 17.3 Å². The number of benzene rings is 2. The first kappa shape index (κ1) is 25.2. The smallest absolute Gasteiger partial charge is 0.329 e. The van der Waals surface area contributed by atoms with Crippen LogP contribution < -0.4 is 10.2 Å². The molecule has 0 aliphatic heterocycles. The van der Waals surface area contributed by atoms with Crippen molar-refractivity contribution in [1.82, 2.24) is 5.32 Å². The maximum Gasteiger partial charge on any atom is 0.329 e. The molecule has 2 amide bonds. The molecule has 7 nitrogen and oxygen atoms in total. The third-order valence-electron chi connectivity index (χ3n) is 4.53. The average Bonchev–Trinajstić information content (AvgIpc) is 2.76. The zero-order chi connectivity index (χ0) is 23.7. The van der Waals surface area contributed by atoms with E-state index in [0.29, 0.717) is 10.7 Å². The van der Waals surface area contributed by atoms with E-state index in [1.807, 2.05) is 6.07 Å². The van der Waals surface area contributed by atoms with Gasteiger partial charge in [0.05, 0.1) is 23.1 Å². The number of anilines is 1. The van der Waals surface area contributed by atoms with Crippen molar-refractivity contribution in [3.8, 4) is 6.07 Å². The number of carbonyl (C=O) groups is 3. The number of ether oxygens (including phenoxy) is 1. The highest BCUT2D eigenvalue weighted by Crippen LogP contribution is 2.20. The van der Waals surface area contributed by atoms with E-state index in [0.717, 1.165) is 0 Å². The number of esters is 1. The van der Waals surface area contributed by atoms with Crippen molar-refractivity contribution in [2.45, 2.75) is 26.3 Å². The molecule has 2 aromatic carbocycles. The molecule has 0 spiro atoms. The minimum atomic E-state index is -0.981. The van der Waals surface area contributed by atoms with Crippen LogP contribution in [0.1, 0.15) is 30.6 Å². The molecule has 0 radical (unpaired) electrons. The van der Waals surface area contributed by atoms with Crippen LogP contribution in [0.4, 0.5) is 5.69 Å². The standard InChI is InChI=1S/C23H23Cl2N3O4/c1-15(2)21(27-22(30)18-9-3-4-10-19(18)25)23(31)32-14-20(29)28(12-6-11-26)17-8-5-7-16(24)13-17/h3-5,7-10,13,15,21H,6,12,14H2,1-2H3,(H,27,30). The molecule has 1 unspecified atom stereocenters. The molecule has 32 heavy (non-hydrogen) atoms. The van der Waals surface area contributed by atoms with Crippen LogP contribution in [0.3, 0.4) is 0 Å². The summed E-state index contributed by atoms with van der Waals surface area (Å²) in [7, 11) is 0. The Bertz CT molecular complexity index is 1020. The molecule has 9 heteroatoms. The van der Waals surface area contributed by atoms with Gasteiger partial charge >= 0.3 is 5.97 Å². The third kappa shape index (κ3) is 6.98. The SMILES string of the molecule is CC(C)C(NC(=O)c1ccccc1Cl)C(=O)OCC(=O)N(CCC#N)c1cccc(Cl)c1. The Morgan fingerprint density at radius 2 is 1.84 bits per heavy atom. The second-order valence-corrected chi connectivity index (χ2v) is 8.06. The number of nitrogens with one attached hydrogen (secondary N) is 1. The van der Waals surface area contributed by atoms with Crippen LogP contribution in [0, 0.1) is 17.2 Å². The lowest BCUT2D eigenvalue weighted by atomic mass is 10.0. The minimum Gasteiger partial charge on any atom is -0.454 e. The monoisotopic (exact) mass is 475 g/mol. The lowest BCUT2D eigenvalue weighted by molar-refractivity contribution is -0.150. The summed E-state index contributed by atoms with van der Waals surface area (Å²) in [5, 5.41) is 12.2. The molecule has 2 rings (SSSR count). The number of amides is 2. The van der Waals surface area contributed by atoms with Gasteiger partial charge in [0.15, 0.2) is 6.61 Å². The van der Waals surface area contributed by atoms with E-state index >= 15 is 0 Å². The van der Waals surface area contributed by atoms with Crippen LogP contribution in [0.2, 0.25) is 10.0 Å². The number of carbonyl (C=O) groups excluding carboxylic acids is 3. The summed E-state index contributed by atoms with van der Waals surface area (Å²) < 4.78 is 5.21. The van der Waals surface area contributed by atoms with E-state index in [1.165, 1.54) is 4.90 Å². The van der Waals surface area contributed by atoms with Crippen LogP contribution in [-0.2, 0) is 14.3 Å². The Morgan fingerprint density at radius 1 is 1.12 bits per heavy atom. The van der Waals surface area contributed by atoms with Crippen molar-refractivity contribution in [2.75, 3.05) is 18.1 Å². The lowest BCUT2D eigenvalue weighted by Gasteiger charge is -2.24. The topological polar surface area (TPSA) is 99.5 Å². The fourth-order valence-electron chi connectivity index (χ4n) is 2.87. The maximum absolute atomic E-state index is 12.7. The fraction of sp³-hybridized carbons (Fsp3) is 0.304. The summed E-state index contributed by atoms with van der Waals surface area (Å²) >= 11 is 12.1. The van der Waals surface area contributed by atoms with Crippen molar-refractivity contribution in [2.24, 2.45) is 5.92 Å². The van der Waals surface area contributed by atoms with Gasteiger partial charge in [0.25, 0.3) is 11.8 Å². The van der Waals surface area contributed by atoms with E-state index in [2.05, 4.69) is 5.32 Å². The van der Waals surface area contributed by atoms with Crippen molar-refractivity contribution < 1.29 is 19.1 Å². The Kier molecular flexibility index (Phi) is 9.51. The number of nitrogens with zero attached hydrogens (tertiary/aromatic N) is 2. The van der Waals surface area contributed by atoms with Gasteiger partial charge in [-0.3, -0.25) is 9.59 Å². The first-order valence-electron chi connectivity index (χ1n) is 9.89. The number of halogens is 2. The molecule has 0 heterocycles. The zero-order valence-corrected chi connectivity index (χ0v) is 19.2. The number of hydrogen-bond acceptors (Lipinski definition) is 5. The second kappa shape index (κ2) is 12.1. The quantitative estimate of drug-likeness (QED) is 0.546. The summed E-state index contributed by atoms with van der Waals surface area (Å²) in [5.74, 6) is -2.09. The largest absolute Gasteiger partial charge is 0.454 e. The van der Waals surface area contributed by atoms with Gasteiger partial charge in [-0.05, 0) is 36.2 Å². The average molecular weight is 476 g/mol. The minimum absolute atomic E-state index is 0.0920. The van der Waals surface area contributed by atoms with Crippen molar-refractivity contribution in [1.29, 1.82) is 5.26 Å². The highest BCUT2D eigenvalue weighted by Gasteiger charge is 2.28. The van der Waals surface area contributed by atoms with Crippen molar-refractivity contribution in [3.63, 3.8) is 0 Å². The summed E-state index contributed by atoms with van der Waals surface area (Å²) in [6.07, 6.45) is 0.0920. The molecular formula is C23H23Cl2N3O4. The number of rotatable bonds is 9. The van der Waals surface area contributed by atoms with Crippen LogP contribution in [0.25, 0.3) is 0 Å². The normalized spacial score (nSPS) is 11.4. The molecule has 168 valence electrons. The van der Waals surface area contributed by atoms with Gasteiger partial charge in [-0.1, -0.05) is 55.2 Å². The summed E-state index contributed by atoms with van der Waals surface area (Å²) in [6.45, 7) is 3.05. The molecular weight excluding hydrogens is 453 g/mol. The van der Waals surface area contributed by atoms with Gasteiger partial charge in [0.1, 0.15) is 6.04 Å². The fourth-order valence-corrected chi connectivity index (χ4v) is 3.27. The van der Waals surface area contributed by atoms with Crippen LogP contribution >= 0.6 is 23.2 Å². The highest BCUT2D eigenvalue weighted by atomic mass is 35.5. The summed E-state index contributed by atoms with van der Waals surface area (Å²) in [5.41, 5.74) is 0.716. The Hall–Kier alpha value is -3.08. The van der Waals surface area contributed by atoms with Crippen LogP contribution in [0.15, 0.2) is 48.5 Å². The molecule has 0 saturated heterocycles. The van der Waals surface area contributed by atoms with Crippen LogP contribution in [0.5, 0.6) is 0 Å². The summed E-state index contributed by atoms with van der Waals surface area (Å²) in [4.78, 5) is 39.3. The predicted octanol–water partition coefficient (Wildman–Crippen LogP) is 4.24. The van der Waals surface area contributed by atoms with E-state index in [4.69, 9.17) is 33.2 Å². The number of nitriles is 1. The lowest BCUT2D eigenvalue weighted by Crippen LogP contribution is -2.46. The molecule has 1 N–H and O–H groups in total. The van der Waals surface area contributed by atoms with E-state index < -0.39 is 30.4 Å². The first-order valence-corrected chi connectivity index (χ1v) is 10.6. The van der Waals surface area contributed by atoms with Gasteiger partial charge in [-0.15, -0.1) is 0 Å². The van der Waals surface area contributed by atoms with Gasteiger partial charge < -0.3 is 15.0 Å². The predicted molar refractivity (Wildman–Crippen MR) is 123 cm³/mol. The van der Waals surface area contributed by atoms with Crippen LogP contribution in [-0.4, -0.2) is 37.0 Å². The second-order valence-electron chi connectivity index (χ2n) is 7.22. The Morgan fingerprint density at radius 3 is 2.47 bits per heavy atom. The highest BCUT2D eigenvalue weighted by molar-refractivity contribution is 6.33. The van der Waals surface area contributed by atoms with E-state index in [9.17, 15) is 14.4 Å². The Balaban J connectivity index is 2.07. The van der Waals surface area contributed by atoms with Gasteiger partial charge in [-0.25, -0.2) is 4.79 Å². The molecule has 0 saturated carbocycles. The van der Waals surface area contributed by atoms with E-state index in [1.54, 1.807) is 62.4 Å². The van der Waals surface area contributed by atoms with Gasteiger partial charge in [-0.2, -0.15) is 5.26 Å². The zero-order valence-electron chi connectivity index (χ0n) is 17.7. The van der Waals surface area contributed by atoms with Crippen molar-refractivity contribution in [3.05, 3.63) is 64.1 Å². The maximum atomic E-state index is 12.7. The summed E-state index contributed by atoms with van der Waals surface area (Å²) in [6, 6.07) is 14.1. The molecule has 0 aliphatic rings. The number of hydrogen-bond donors (Lipinski definition) is 1. The molecule has 0 bridgehead atoms. The third-order valence-corrected chi connectivity index (χ3v) is 5.10.